The van der Waals surface area contributed by atoms with Crippen molar-refractivity contribution in [3.63, 3.8) is 0 Å². The molecule has 0 bridgehead atoms. The zero-order valence-corrected chi connectivity index (χ0v) is 14.9. The molecule has 0 amide bonds. The lowest BCUT2D eigenvalue weighted by Gasteiger charge is -2.28. The second kappa shape index (κ2) is 6.85. The fourth-order valence-corrected chi connectivity index (χ4v) is 5.65. The highest BCUT2D eigenvalue weighted by Crippen LogP contribution is 2.31. The molecule has 0 unspecified atom stereocenters. The molecule has 0 radical (unpaired) electrons. The third kappa shape index (κ3) is 3.80. The molecule has 1 N–H and O–H groups in total. The van der Waals surface area contributed by atoms with Crippen molar-refractivity contribution in [2.24, 2.45) is 0 Å². The topological polar surface area (TPSA) is 52.7 Å². The highest BCUT2D eigenvalue weighted by atomic mass is 79.9. The van der Waals surface area contributed by atoms with Crippen molar-refractivity contribution in [3.8, 4) is 0 Å². The molecule has 1 aromatic rings. The van der Waals surface area contributed by atoms with Gasteiger partial charge in [-0.15, -0.1) is 11.3 Å². The first-order valence-electron chi connectivity index (χ1n) is 6.56. The van der Waals surface area contributed by atoms with Gasteiger partial charge in [0.15, 0.2) is 0 Å². The molecule has 1 aromatic heterocycles. The highest BCUT2D eigenvalue weighted by molar-refractivity contribution is 9.11. The summed E-state index contributed by atoms with van der Waals surface area (Å²) in [5.41, 5.74) is 0.962. The van der Waals surface area contributed by atoms with E-state index in [9.17, 15) is 8.42 Å². The van der Waals surface area contributed by atoms with E-state index in [0.29, 0.717) is 10.8 Å². The first kappa shape index (κ1) is 16.4. The van der Waals surface area contributed by atoms with E-state index in [-0.39, 0.29) is 0 Å². The van der Waals surface area contributed by atoms with Crippen LogP contribution in [0.5, 0.6) is 0 Å². The number of sulfonamides is 1. The molecular formula is C12H20BrN3O2S2. The highest BCUT2D eigenvalue weighted by Gasteiger charge is 2.24. The Morgan fingerprint density at radius 3 is 2.65 bits per heavy atom. The van der Waals surface area contributed by atoms with Gasteiger partial charge < -0.3 is 5.32 Å². The Morgan fingerprint density at radius 1 is 1.45 bits per heavy atom. The average Bonchev–Trinajstić information content (AvgIpc) is 2.78. The summed E-state index contributed by atoms with van der Waals surface area (Å²) in [6.07, 6.45) is 0. The van der Waals surface area contributed by atoms with Gasteiger partial charge >= 0.3 is 0 Å². The third-order valence-electron chi connectivity index (χ3n) is 3.44. The van der Waals surface area contributed by atoms with Gasteiger partial charge in [0.1, 0.15) is 4.21 Å². The molecule has 1 aliphatic heterocycles. The largest absolute Gasteiger partial charge is 0.314 e. The number of hydrogen-bond acceptors (Lipinski definition) is 5. The summed E-state index contributed by atoms with van der Waals surface area (Å²) in [7, 11) is -1.71. The van der Waals surface area contributed by atoms with Gasteiger partial charge in [-0.2, -0.15) is 4.31 Å². The normalized spacial score (nSPS) is 17.8. The van der Waals surface area contributed by atoms with Crippen molar-refractivity contribution in [1.29, 1.82) is 0 Å². The molecule has 2 rings (SSSR count). The molecule has 0 atom stereocenters. The smallest absolute Gasteiger partial charge is 0.252 e. The third-order valence-corrected chi connectivity index (χ3v) is 7.88. The maximum absolute atomic E-state index is 12.5. The minimum absolute atomic E-state index is 0.407. The SMILES string of the molecule is Cc1cc(S(=O)(=O)N(C)CCN2CCNCC2)sc1Br. The van der Waals surface area contributed by atoms with Crippen LogP contribution in [-0.4, -0.2) is 63.9 Å². The summed E-state index contributed by atoms with van der Waals surface area (Å²) < 4.78 is 27.6. The van der Waals surface area contributed by atoms with Crippen LogP contribution in [0.2, 0.25) is 0 Å². The molecule has 0 saturated carbocycles. The maximum Gasteiger partial charge on any atom is 0.252 e. The first-order chi connectivity index (χ1) is 9.41. The molecule has 1 aliphatic rings. The van der Waals surface area contributed by atoms with Crippen LogP contribution in [0.1, 0.15) is 5.56 Å². The number of nitrogens with zero attached hydrogens (tertiary/aromatic N) is 2. The number of rotatable bonds is 5. The molecule has 2 heterocycles. The molecule has 20 heavy (non-hydrogen) atoms. The summed E-state index contributed by atoms with van der Waals surface area (Å²) in [6.45, 7) is 7.14. The minimum Gasteiger partial charge on any atom is -0.314 e. The van der Waals surface area contributed by atoms with E-state index in [1.807, 2.05) is 6.92 Å². The molecule has 0 aromatic carbocycles. The summed E-state index contributed by atoms with van der Waals surface area (Å²) in [5, 5.41) is 3.29. The van der Waals surface area contributed by atoms with E-state index < -0.39 is 10.0 Å². The zero-order valence-electron chi connectivity index (χ0n) is 11.7. The van der Waals surface area contributed by atoms with Crippen molar-refractivity contribution in [2.75, 3.05) is 46.3 Å². The molecule has 1 fully saturated rings. The van der Waals surface area contributed by atoms with Gasteiger partial charge in [-0.1, -0.05) is 0 Å². The van der Waals surface area contributed by atoms with Crippen LogP contribution in [0.3, 0.4) is 0 Å². The number of likely N-dealkylation sites (N-methyl/N-ethyl adjacent to an activating group) is 1. The summed E-state index contributed by atoms with van der Waals surface area (Å²) >= 11 is 4.65. The van der Waals surface area contributed by atoms with Crippen molar-refractivity contribution >= 4 is 37.3 Å². The minimum atomic E-state index is -3.36. The van der Waals surface area contributed by atoms with Gasteiger partial charge in [-0.3, -0.25) is 4.90 Å². The van der Waals surface area contributed by atoms with Crippen LogP contribution in [-0.2, 0) is 10.0 Å². The fraction of sp³-hybridized carbons (Fsp3) is 0.667. The van der Waals surface area contributed by atoms with E-state index in [4.69, 9.17) is 0 Å². The Labute approximate surface area is 133 Å². The van der Waals surface area contributed by atoms with Crippen LogP contribution in [0.25, 0.3) is 0 Å². The average molecular weight is 382 g/mol. The number of piperazine rings is 1. The van der Waals surface area contributed by atoms with Crippen molar-refractivity contribution in [1.82, 2.24) is 14.5 Å². The summed E-state index contributed by atoms with van der Waals surface area (Å²) in [5.74, 6) is 0. The lowest BCUT2D eigenvalue weighted by molar-refractivity contribution is 0.229. The number of hydrogen-bond donors (Lipinski definition) is 1. The van der Waals surface area contributed by atoms with Gasteiger partial charge in [-0.05, 0) is 34.5 Å². The zero-order chi connectivity index (χ0) is 14.8. The van der Waals surface area contributed by atoms with E-state index >= 15 is 0 Å². The molecular weight excluding hydrogens is 362 g/mol. The van der Waals surface area contributed by atoms with Gasteiger partial charge in [-0.25, -0.2) is 8.42 Å². The van der Waals surface area contributed by atoms with Crippen LogP contribution in [0, 0.1) is 6.92 Å². The molecule has 8 heteroatoms. The van der Waals surface area contributed by atoms with Crippen LogP contribution >= 0.6 is 27.3 Å². The maximum atomic E-state index is 12.5. The van der Waals surface area contributed by atoms with Crippen LogP contribution in [0.4, 0.5) is 0 Å². The predicted octanol–water partition coefficient (Wildman–Crippen LogP) is 1.34. The van der Waals surface area contributed by atoms with Gasteiger partial charge in [0, 0.05) is 46.3 Å². The quantitative estimate of drug-likeness (QED) is 0.835. The van der Waals surface area contributed by atoms with Gasteiger partial charge in [0.2, 0.25) is 0 Å². The van der Waals surface area contributed by atoms with Gasteiger partial charge in [0.05, 0.1) is 3.79 Å². The van der Waals surface area contributed by atoms with Crippen LogP contribution < -0.4 is 5.32 Å². The van der Waals surface area contributed by atoms with E-state index in [0.717, 1.165) is 42.1 Å². The number of halogens is 1. The Hall–Kier alpha value is 0.01000. The first-order valence-corrected chi connectivity index (χ1v) is 9.61. The Kier molecular flexibility index (Phi) is 5.61. The molecule has 0 spiro atoms. The van der Waals surface area contributed by atoms with Gasteiger partial charge in [0.25, 0.3) is 10.0 Å². The Bertz CT molecular complexity index is 534. The van der Waals surface area contributed by atoms with E-state index in [1.165, 1.54) is 15.6 Å². The Morgan fingerprint density at radius 2 is 2.10 bits per heavy atom. The molecule has 114 valence electrons. The lowest BCUT2D eigenvalue weighted by atomic mass is 10.3. The van der Waals surface area contributed by atoms with E-state index in [2.05, 4.69) is 26.1 Å². The van der Waals surface area contributed by atoms with Crippen molar-refractivity contribution in [3.05, 3.63) is 15.4 Å². The molecule has 1 saturated heterocycles. The molecule has 5 nitrogen and oxygen atoms in total. The summed E-state index contributed by atoms with van der Waals surface area (Å²) in [6, 6.07) is 1.73. The van der Waals surface area contributed by atoms with Crippen molar-refractivity contribution in [2.45, 2.75) is 11.1 Å². The predicted molar refractivity (Wildman–Crippen MR) is 85.9 cm³/mol. The standard InChI is InChI=1S/C12H20BrN3O2S2/c1-10-9-11(19-12(10)13)20(17,18)15(2)7-8-16-5-3-14-4-6-16/h9,14H,3-8H2,1-2H3. The summed E-state index contributed by atoms with van der Waals surface area (Å²) in [4.78, 5) is 2.29. The number of thiophene rings is 1. The monoisotopic (exact) mass is 381 g/mol. The number of aryl methyl sites for hydroxylation is 1. The van der Waals surface area contributed by atoms with Crippen molar-refractivity contribution < 1.29 is 8.42 Å². The number of nitrogens with one attached hydrogen (secondary N) is 1. The molecule has 0 aliphatic carbocycles. The van der Waals surface area contributed by atoms with E-state index in [1.54, 1.807) is 13.1 Å². The van der Waals surface area contributed by atoms with Crippen LogP contribution in [0.15, 0.2) is 14.1 Å². The second-order valence-electron chi connectivity index (χ2n) is 4.94. The lowest BCUT2D eigenvalue weighted by Crippen LogP contribution is -2.46. The fourth-order valence-electron chi connectivity index (χ4n) is 2.05. The second-order valence-corrected chi connectivity index (χ2v) is 9.58. The Balaban J connectivity index is 1.98.